The molecule has 0 aliphatic heterocycles. The molecule has 0 radical (unpaired) electrons. The Kier molecular flexibility index (Phi) is 7.00. The molecule has 0 unspecified atom stereocenters. The number of carbonyl (C=O) groups is 3. The Morgan fingerprint density at radius 3 is 2.70 bits per heavy atom. The first kappa shape index (κ1) is 20.0. The van der Waals surface area contributed by atoms with Crippen LogP contribution in [0.5, 0.6) is 0 Å². The highest BCUT2D eigenvalue weighted by Gasteiger charge is 2.20. The van der Waals surface area contributed by atoms with Gasteiger partial charge in [0.1, 0.15) is 6.04 Å². The lowest BCUT2D eigenvalue weighted by Crippen LogP contribution is -2.40. The number of hydrogen-bond donors (Lipinski definition) is 2. The third-order valence-corrected chi connectivity index (χ3v) is 4.28. The number of nitro groups is 1. The van der Waals surface area contributed by atoms with Crippen molar-refractivity contribution in [3.8, 4) is 0 Å². The fourth-order valence-electron chi connectivity index (χ4n) is 2.01. The van der Waals surface area contributed by atoms with Crippen LogP contribution in [0.4, 0.5) is 5.69 Å². The van der Waals surface area contributed by atoms with Crippen LogP contribution in [0, 0.1) is 10.1 Å². The number of nitrogens with zero attached hydrogens (tertiary/aromatic N) is 1. The van der Waals surface area contributed by atoms with Crippen molar-refractivity contribution < 1.29 is 24.0 Å². The molecule has 0 saturated heterocycles. The monoisotopic (exact) mass is 391 g/mol. The molecule has 0 aliphatic carbocycles. The normalized spacial score (nSPS) is 11.3. The number of amides is 2. The van der Waals surface area contributed by atoms with E-state index < -0.39 is 35.4 Å². The predicted octanol–water partition coefficient (Wildman–Crippen LogP) is 1.63. The molecule has 10 heteroatoms. The van der Waals surface area contributed by atoms with Crippen molar-refractivity contribution in [2.45, 2.75) is 19.5 Å². The van der Waals surface area contributed by atoms with E-state index >= 15 is 0 Å². The summed E-state index contributed by atoms with van der Waals surface area (Å²) in [5.74, 6) is -1.92. The summed E-state index contributed by atoms with van der Waals surface area (Å²) in [6.45, 7) is 1.26. The summed E-state index contributed by atoms with van der Waals surface area (Å²) >= 11 is 1.49. The van der Waals surface area contributed by atoms with Crippen LogP contribution in [0.15, 0.2) is 41.8 Å². The molecule has 0 spiro atoms. The topological polar surface area (TPSA) is 128 Å². The van der Waals surface area contributed by atoms with Crippen LogP contribution in [0.3, 0.4) is 0 Å². The Hall–Kier alpha value is -3.27. The van der Waals surface area contributed by atoms with Gasteiger partial charge in [0.05, 0.1) is 11.5 Å². The number of ether oxygens (including phenoxy) is 1. The number of carbonyl (C=O) groups excluding carboxylic acids is 3. The molecule has 142 valence electrons. The van der Waals surface area contributed by atoms with E-state index in [0.717, 1.165) is 10.9 Å². The minimum absolute atomic E-state index is 0.0394. The van der Waals surface area contributed by atoms with Crippen LogP contribution in [0.2, 0.25) is 0 Å². The average molecular weight is 391 g/mol. The lowest BCUT2D eigenvalue weighted by atomic mass is 10.2. The first-order chi connectivity index (χ1) is 12.9. The molecular weight excluding hydrogens is 374 g/mol. The molecule has 0 bridgehead atoms. The number of thiophene rings is 1. The second kappa shape index (κ2) is 9.43. The summed E-state index contributed by atoms with van der Waals surface area (Å²) in [4.78, 5) is 46.8. The van der Waals surface area contributed by atoms with Gasteiger partial charge in [-0.05, 0) is 24.4 Å². The zero-order valence-corrected chi connectivity index (χ0v) is 15.2. The Morgan fingerprint density at radius 2 is 2.04 bits per heavy atom. The van der Waals surface area contributed by atoms with E-state index in [-0.39, 0.29) is 11.3 Å². The maximum absolute atomic E-state index is 12.1. The summed E-state index contributed by atoms with van der Waals surface area (Å²) in [5.41, 5.74) is -0.196. The summed E-state index contributed by atoms with van der Waals surface area (Å²) in [6, 6.07) is 7.81. The van der Waals surface area contributed by atoms with Crippen LogP contribution in [-0.4, -0.2) is 35.4 Å². The lowest BCUT2D eigenvalue weighted by Gasteiger charge is -2.13. The SMILES string of the molecule is C[C@H](NC(=O)c1cccc([N+](=O)[O-])c1)C(=O)OCC(=O)NCc1cccs1. The largest absolute Gasteiger partial charge is 0.454 e. The van der Waals surface area contributed by atoms with E-state index in [0.29, 0.717) is 6.54 Å². The van der Waals surface area contributed by atoms with E-state index in [1.807, 2.05) is 17.5 Å². The summed E-state index contributed by atoms with van der Waals surface area (Å²) in [7, 11) is 0. The standard InChI is InChI=1S/C17H17N3O6S/c1-11(19-16(22)12-4-2-5-13(8-12)20(24)25)17(23)26-10-15(21)18-9-14-6-3-7-27-14/h2-8,11H,9-10H2,1H3,(H,18,21)(H,19,22)/t11-/m0/s1. The molecule has 2 amide bonds. The van der Waals surface area contributed by atoms with Crippen molar-refractivity contribution in [2.75, 3.05) is 6.61 Å². The zero-order valence-electron chi connectivity index (χ0n) is 14.3. The molecule has 1 aromatic heterocycles. The molecule has 0 aliphatic rings. The minimum Gasteiger partial charge on any atom is -0.454 e. The number of nitro benzene ring substituents is 1. The molecule has 0 saturated carbocycles. The van der Waals surface area contributed by atoms with Crippen molar-refractivity contribution in [1.82, 2.24) is 10.6 Å². The van der Waals surface area contributed by atoms with Crippen molar-refractivity contribution in [2.24, 2.45) is 0 Å². The van der Waals surface area contributed by atoms with E-state index in [1.54, 1.807) is 0 Å². The quantitative estimate of drug-likeness (QED) is 0.400. The smallest absolute Gasteiger partial charge is 0.328 e. The molecule has 1 aromatic carbocycles. The van der Waals surface area contributed by atoms with E-state index in [4.69, 9.17) is 4.74 Å². The Bertz CT molecular complexity index is 837. The summed E-state index contributed by atoms with van der Waals surface area (Å²) in [6.07, 6.45) is 0. The van der Waals surface area contributed by atoms with Gasteiger partial charge in [0.2, 0.25) is 0 Å². The molecule has 9 nitrogen and oxygen atoms in total. The van der Waals surface area contributed by atoms with Gasteiger partial charge in [0.25, 0.3) is 17.5 Å². The van der Waals surface area contributed by atoms with Crippen molar-refractivity contribution in [1.29, 1.82) is 0 Å². The number of non-ortho nitro benzene ring substituents is 1. The Balaban J connectivity index is 1.79. The van der Waals surface area contributed by atoms with Gasteiger partial charge in [0.15, 0.2) is 6.61 Å². The number of benzene rings is 1. The summed E-state index contributed by atoms with van der Waals surface area (Å²) in [5, 5.41) is 17.6. The van der Waals surface area contributed by atoms with Crippen LogP contribution in [0.1, 0.15) is 22.2 Å². The minimum atomic E-state index is -1.03. The lowest BCUT2D eigenvalue weighted by molar-refractivity contribution is -0.384. The second-order valence-electron chi connectivity index (χ2n) is 5.47. The maximum Gasteiger partial charge on any atom is 0.328 e. The number of rotatable bonds is 8. The molecule has 0 fully saturated rings. The first-order valence-electron chi connectivity index (χ1n) is 7.88. The number of nitrogens with one attached hydrogen (secondary N) is 2. The molecule has 1 atom stereocenters. The molecular formula is C17H17N3O6S. The van der Waals surface area contributed by atoms with Gasteiger partial charge in [-0.3, -0.25) is 19.7 Å². The third-order valence-electron chi connectivity index (χ3n) is 3.41. The van der Waals surface area contributed by atoms with E-state index in [9.17, 15) is 24.5 Å². The highest BCUT2D eigenvalue weighted by molar-refractivity contribution is 7.09. The van der Waals surface area contributed by atoms with Gasteiger partial charge >= 0.3 is 5.97 Å². The van der Waals surface area contributed by atoms with Gasteiger partial charge in [-0.1, -0.05) is 12.1 Å². The van der Waals surface area contributed by atoms with Gasteiger partial charge in [-0.15, -0.1) is 11.3 Å². The van der Waals surface area contributed by atoms with Crippen molar-refractivity contribution in [3.05, 3.63) is 62.3 Å². The van der Waals surface area contributed by atoms with Crippen molar-refractivity contribution in [3.63, 3.8) is 0 Å². The number of hydrogen-bond acceptors (Lipinski definition) is 7. The van der Waals surface area contributed by atoms with Gasteiger partial charge in [0, 0.05) is 22.6 Å². The molecule has 2 N–H and O–H groups in total. The third kappa shape index (κ3) is 6.19. The maximum atomic E-state index is 12.1. The zero-order chi connectivity index (χ0) is 19.8. The highest BCUT2D eigenvalue weighted by Crippen LogP contribution is 2.13. The predicted molar refractivity (Wildman–Crippen MR) is 97.1 cm³/mol. The van der Waals surface area contributed by atoms with Crippen LogP contribution in [-0.2, 0) is 20.9 Å². The fraction of sp³-hybridized carbons (Fsp3) is 0.235. The average Bonchev–Trinajstić information content (AvgIpc) is 3.17. The molecule has 2 rings (SSSR count). The summed E-state index contributed by atoms with van der Waals surface area (Å²) < 4.78 is 4.86. The molecule has 2 aromatic rings. The Morgan fingerprint density at radius 1 is 1.26 bits per heavy atom. The van der Waals surface area contributed by atoms with Crippen LogP contribution in [0.25, 0.3) is 0 Å². The molecule has 1 heterocycles. The van der Waals surface area contributed by atoms with Crippen molar-refractivity contribution >= 4 is 34.8 Å². The van der Waals surface area contributed by atoms with E-state index in [1.165, 1.54) is 36.5 Å². The van der Waals surface area contributed by atoms with Gasteiger partial charge < -0.3 is 15.4 Å². The van der Waals surface area contributed by atoms with Crippen LogP contribution < -0.4 is 10.6 Å². The first-order valence-corrected chi connectivity index (χ1v) is 8.76. The highest BCUT2D eigenvalue weighted by atomic mass is 32.1. The molecule has 27 heavy (non-hydrogen) atoms. The van der Waals surface area contributed by atoms with E-state index in [2.05, 4.69) is 10.6 Å². The van der Waals surface area contributed by atoms with Gasteiger partial charge in [-0.2, -0.15) is 0 Å². The second-order valence-corrected chi connectivity index (χ2v) is 6.50. The fourth-order valence-corrected chi connectivity index (χ4v) is 2.66. The Labute approximate surface area is 158 Å². The van der Waals surface area contributed by atoms with Crippen LogP contribution >= 0.6 is 11.3 Å². The number of esters is 1. The van der Waals surface area contributed by atoms with Gasteiger partial charge in [-0.25, -0.2) is 4.79 Å².